The third-order valence-corrected chi connectivity index (χ3v) is 6.06. The molecule has 0 saturated heterocycles. The highest BCUT2D eigenvalue weighted by molar-refractivity contribution is 6.05. The van der Waals surface area contributed by atoms with Crippen molar-refractivity contribution < 1.29 is 9.59 Å². The maximum absolute atomic E-state index is 13.0. The summed E-state index contributed by atoms with van der Waals surface area (Å²) in [5.74, 6) is 0.428. The van der Waals surface area contributed by atoms with Crippen molar-refractivity contribution in [3.8, 4) is 0 Å². The molecule has 1 N–H and O–H groups in total. The number of fused-ring (bicyclic) bond motifs is 1. The van der Waals surface area contributed by atoms with Gasteiger partial charge in [-0.25, -0.2) is 0 Å². The first-order valence-corrected chi connectivity index (χ1v) is 12.2. The molecule has 2 heterocycles. The molecule has 1 aliphatic rings. The van der Waals surface area contributed by atoms with Crippen molar-refractivity contribution >= 4 is 23.2 Å². The van der Waals surface area contributed by atoms with E-state index in [1.54, 1.807) is 13.1 Å². The summed E-state index contributed by atoms with van der Waals surface area (Å²) in [4.78, 5) is 34.2. The van der Waals surface area contributed by atoms with Gasteiger partial charge in [0.15, 0.2) is 0 Å². The van der Waals surface area contributed by atoms with Crippen molar-refractivity contribution in [1.29, 1.82) is 0 Å². The first-order chi connectivity index (χ1) is 15.8. The number of carbonyl (C=O) groups is 2. The number of anilines is 2. The lowest BCUT2D eigenvalue weighted by atomic mass is 10.0. The second-order valence-corrected chi connectivity index (χ2v) is 9.55. The summed E-state index contributed by atoms with van der Waals surface area (Å²) in [5, 5.41) is 2.94. The van der Waals surface area contributed by atoms with Gasteiger partial charge in [0, 0.05) is 43.5 Å². The highest BCUT2D eigenvalue weighted by Crippen LogP contribution is 2.27. The fourth-order valence-electron chi connectivity index (χ4n) is 4.44. The molecule has 0 unspecified atom stereocenters. The molecule has 1 aromatic carbocycles. The van der Waals surface area contributed by atoms with E-state index < -0.39 is 0 Å². The molecule has 1 aromatic heterocycles. The number of benzene rings is 1. The lowest BCUT2D eigenvalue weighted by Crippen LogP contribution is -2.33. The van der Waals surface area contributed by atoms with Crippen molar-refractivity contribution in [2.24, 2.45) is 5.92 Å². The summed E-state index contributed by atoms with van der Waals surface area (Å²) in [6, 6.07) is 9.46. The number of rotatable bonds is 4. The Kier molecular flexibility index (Phi) is 9.01. The van der Waals surface area contributed by atoms with Crippen molar-refractivity contribution in [2.45, 2.75) is 66.3 Å². The van der Waals surface area contributed by atoms with E-state index in [2.05, 4.69) is 29.0 Å². The van der Waals surface area contributed by atoms with E-state index in [9.17, 15) is 9.59 Å². The van der Waals surface area contributed by atoms with Gasteiger partial charge in [-0.15, -0.1) is 0 Å². The van der Waals surface area contributed by atoms with E-state index in [0.717, 1.165) is 49.4 Å². The van der Waals surface area contributed by atoms with E-state index >= 15 is 0 Å². The topological polar surface area (TPSA) is 65.5 Å². The smallest absolute Gasteiger partial charge is 0.255 e. The fourth-order valence-corrected chi connectivity index (χ4v) is 4.44. The molecule has 0 bridgehead atoms. The van der Waals surface area contributed by atoms with Gasteiger partial charge in [-0.05, 0) is 68.1 Å². The summed E-state index contributed by atoms with van der Waals surface area (Å²) in [7, 11) is 0. The van der Waals surface area contributed by atoms with Gasteiger partial charge in [0.05, 0.1) is 11.9 Å². The molecule has 0 radical (unpaired) electrons. The third-order valence-electron chi connectivity index (χ3n) is 6.06. The number of aromatic nitrogens is 1. The van der Waals surface area contributed by atoms with E-state index in [1.165, 1.54) is 19.3 Å². The lowest BCUT2D eigenvalue weighted by molar-refractivity contribution is -0.116. The van der Waals surface area contributed by atoms with Gasteiger partial charge in [-0.1, -0.05) is 33.1 Å². The molecule has 6 heteroatoms. The quantitative estimate of drug-likeness (QED) is 0.676. The summed E-state index contributed by atoms with van der Waals surface area (Å²) in [5.41, 5.74) is 4.12. The number of nitrogens with one attached hydrogen (secondary N) is 1. The average Bonchev–Trinajstić information content (AvgIpc) is 2.76. The maximum Gasteiger partial charge on any atom is 0.255 e. The molecule has 33 heavy (non-hydrogen) atoms. The number of aryl methyl sites for hydroxylation is 1. The molecule has 0 atom stereocenters. The molecular formula is C27H38N4O2. The van der Waals surface area contributed by atoms with Crippen LogP contribution in [0.15, 0.2) is 36.5 Å². The Morgan fingerprint density at radius 1 is 1.03 bits per heavy atom. The fraction of sp³-hybridized carbons (Fsp3) is 0.519. The highest BCUT2D eigenvalue weighted by Gasteiger charge is 2.20. The number of pyridine rings is 1. The van der Waals surface area contributed by atoms with Crippen LogP contribution in [0.3, 0.4) is 0 Å². The van der Waals surface area contributed by atoms with Crippen LogP contribution in [-0.2, 0) is 11.3 Å². The number of hydrogen-bond acceptors (Lipinski definition) is 4. The van der Waals surface area contributed by atoms with Crippen LogP contribution in [0.1, 0.15) is 74.5 Å². The minimum atomic E-state index is -0.167. The van der Waals surface area contributed by atoms with Crippen LogP contribution in [0.5, 0.6) is 0 Å². The second kappa shape index (κ2) is 11.9. The summed E-state index contributed by atoms with van der Waals surface area (Å²) in [6.45, 7) is 11.5. The Bertz CT molecular complexity index is 940. The molecule has 0 fully saturated rings. The number of nitrogens with zero attached hydrogens (tertiary/aromatic N) is 3. The van der Waals surface area contributed by atoms with Crippen LogP contribution in [0.2, 0.25) is 0 Å². The van der Waals surface area contributed by atoms with Crippen molar-refractivity contribution in [3.63, 3.8) is 0 Å². The van der Waals surface area contributed by atoms with Crippen molar-refractivity contribution in [3.05, 3.63) is 53.3 Å². The zero-order chi connectivity index (χ0) is 23.8. The summed E-state index contributed by atoms with van der Waals surface area (Å²) in [6.07, 6.45) is 7.41. The van der Waals surface area contributed by atoms with Gasteiger partial charge in [0.1, 0.15) is 0 Å². The molecule has 0 saturated carbocycles. The Morgan fingerprint density at radius 3 is 2.42 bits per heavy atom. The zero-order valence-electron chi connectivity index (χ0n) is 20.6. The molecule has 0 aliphatic carbocycles. The molecule has 2 amide bonds. The van der Waals surface area contributed by atoms with Gasteiger partial charge in [0.25, 0.3) is 5.91 Å². The predicted octanol–water partition coefficient (Wildman–Crippen LogP) is 5.42. The maximum atomic E-state index is 13.0. The third kappa shape index (κ3) is 7.39. The van der Waals surface area contributed by atoms with E-state index in [1.807, 2.05) is 42.2 Å². The van der Waals surface area contributed by atoms with Gasteiger partial charge in [-0.2, -0.15) is 0 Å². The Labute approximate surface area is 198 Å². The highest BCUT2D eigenvalue weighted by atomic mass is 16.2. The largest absolute Gasteiger partial charge is 0.321 e. The molecule has 2 aromatic rings. The van der Waals surface area contributed by atoms with Crippen molar-refractivity contribution in [1.82, 2.24) is 9.88 Å². The normalized spacial score (nSPS) is 16.0. The van der Waals surface area contributed by atoms with Gasteiger partial charge >= 0.3 is 0 Å². The Hall–Kier alpha value is -2.73. The number of hydrogen-bond donors (Lipinski definition) is 1. The summed E-state index contributed by atoms with van der Waals surface area (Å²) >= 11 is 0. The van der Waals surface area contributed by atoms with Gasteiger partial charge < -0.3 is 10.2 Å². The minimum absolute atomic E-state index is 0.0478. The molecule has 3 rings (SSSR count). The van der Waals surface area contributed by atoms with E-state index in [-0.39, 0.29) is 11.8 Å². The van der Waals surface area contributed by atoms with Crippen LogP contribution in [0.25, 0.3) is 0 Å². The second-order valence-electron chi connectivity index (χ2n) is 9.55. The molecule has 1 aliphatic heterocycles. The zero-order valence-corrected chi connectivity index (χ0v) is 20.6. The van der Waals surface area contributed by atoms with E-state index in [4.69, 9.17) is 0 Å². The minimum Gasteiger partial charge on any atom is -0.321 e. The first kappa shape index (κ1) is 24.9. The molecule has 6 nitrogen and oxygen atoms in total. The van der Waals surface area contributed by atoms with E-state index in [0.29, 0.717) is 23.7 Å². The van der Waals surface area contributed by atoms with Crippen LogP contribution in [0, 0.1) is 12.8 Å². The van der Waals surface area contributed by atoms with Gasteiger partial charge in [-0.3, -0.25) is 19.5 Å². The Morgan fingerprint density at radius 2 is 1.76 bits per heavy atom. The monoisotopic (exact) mass is 450 g/mol. The SMILES string of the molecule is CC(=O)N1CCCCCCCN(CC(C)C)Cc2cc(C(=O)Nc3ccc(C)nc3)ccc21. The lowest BCUT2D eigenvalue weighted by Gasteiger charge is -2.30. The van der Waals surface area contributed by atoms with Crippen LogP contribution >= 0.6 is 0 Å². The number of amides is 2. The molecule has 0 spiro atoms. The standard InChI is InChI=1S/C27H38N4O2/c1-20(2)18-30-14-8-6-5-7-9-15-31(22(4)32)26-13-11-23(16-24(26)19-30)27(33)29-25-12-10-21(3)28-17-25/h10-13,16-17,20H,5-9,14-15,18-19H2,1-4H3,(H,29,33). The van der Waals surface area contributed by atoms with Crippen molar-refractivity contribution in [2.75, 3.05) is 29.9 Å². The summed E-state index contributed by atoms with van der Waals surface area (Å²) < 4.78 is 0. The number of carbonyl (C=O) groups excluding carboxylic acids is 2. The Balaban J connectivity index is 1.94. The molecular weight excluding hydrogens is 412 g/mol. The first-order valence-electron chi connectivity index (χ1n) is 12.2. The van der Waals surface area contributed by atoms with Crippen LogP contribution in [-0.4, -0.2) is 41.3 Å². The van der Waals surface area contributed by atoms with Gasteiger partial charge in [0.2, 0.25) is 5.91 Å². The average molecular weight is 451 g/mol. The van der Waals surface area contributed by atoms with Crippen LogP contribution in [0.4, 0.5) is 11.4 Å². The predicted molar refractivity (Wildman–Crippen MR) is 135 cm³/mol. The molecule has 178 valence electrons. The van der Waals surface area contributed by atoms with Crippen LogP contribution < -0.4 is 10.2 Å².